The summed E-state index contributed by atoms with van der Waals surface area (Å²) in [6, 6.07) is 5.06. The van der Waals surface area contributed by atoms with Crippen LogP contribution in [0.5, 0.6) is 5.75 Å². The van der Waals surface area contributed by atoms with Gasteiger partial charge in [-0.15, -0.1) is 0 Å². The molecule has 1 aliphatic rings. The second-order valence-corrected chi connectivity index (χ2v) is 10.4. The molecule has 0 unspecified atom stereocenters. The number of carbonyl (C=O) groups is 6. The summed E-state index contributed by atoms with van der Waals surface area (Å²) < 4.78 is 42.3. The highest BCUT2D eigenvalue weighted by molar-refractivity contribution is 5.81. The molecule has 1 aliphatic heterocycles. The molecule has 6 atom stereocenters. The van der Waals surface area contributed by atoms with E-state index < -0.39 is 78.3 Å². The predicted molar refractivity (Wildman–Crippen MR) is 143 cm³/mol. The lowest BCUT2D eigenvalue weighted by Crippen LogP contribution is -2.64. The molecule has 0 aliphatic carbocycles. The monoisotopic (exact) mass is 611 g/mol. The normalized spacial score (nSPS) is 22.2. The average molecular weight is 612 g/mol. The van der Waals surface area contributed by atoms with Crippen LogP contribution in [0.3, 0.4) is 0 Å². The van der Waals surface area contributed by atoms with Crippen molar-refractivity contribution in [3.8, 4) is 5.75 Å². The van der Waals surface area contributed by atoms with Crippen molar-refractivity contribution >= 4 is 35.9 Å². The molecule has 0 radical (unpaired) electrons. The molecule has 1 fully saturated rings. The molecule has 1 aromatic rings. The quantitative estimate of drug-likeness (QED) is 0.295. The maximum absolute atomic E-state index is 12.6. The lowest BCUT2D eigenvalue weighted by Gasteiger charge is -2.43. The van der Waals surface area contributed by atoms with Crippen LogP contribution in [0.1, 0.15) is 47.1 Å². The van der Waals surface area contributed by atoms with E-state index in [1.54, 1.807) is 32.9 Å². The van der Waals surface area contributed by atoms with Crippen molar-refractivity contribution in [2.24, 2.45) is 0 Å². The summed E-state index contributed by atoms with van der Waals surface area (Å²) in [5.74, 6) is -3.98. The lowest BCUT2D eigenvalue weighted by atomic mass is 9.97. The fraction of sp³-hybridized carbons (Fsp3) is 0.571. The van der Waals surface area contributed by atoms with Gasteiger partial charge >= 0.3 is 35.9 Å². The van der Waals surface area contributed by atoms with Crippen LogP contribution in [-0.4, -0.2) is 92.5 Å². The Labute approximate surface area is 248 Å². The Morgan fingerprint density at radius 2 is 1.35 bits per heavy atom. The number of amides is 1. The molecule has 43 heavy (non-hydrogen) atoms. The lowest BCUT2D eigenvalue weighted by molar-refractivity contribution is -0.282. The second kappa shape index (κ2) is 15.2. The Bertz CT molecular complexity index is 1170. The second-order valence-electron chi connectivity index (χ2n) is 10.4. The smallest absolute Gasteiger partial charge is 0.408 e. The molecule has 238 valence electrons. The predicted octanol–water partition coefficient (Wildman–Crippen LogP) is 1.37. The molecule has 15 nitrogen and oxygen atoms in total. The van der Waals surface area contributed by atoms with Crippen LogP contribution in [0.15, 0.2) is 24.3 Å². The molecule has 15 heteroatoms. The van der Waals surface area contributed by atoms with E-state index in [-0.39, 0.29) is 12.2 Å². The number of benzene rings is 1. The Balaban J connectivity index is 2.34. The molecule has 1 heterocycles. The standard InChI is InChI=1S/C28H37NO14/c1-14(30)38-20-21(39-15(2)31)23(40-16(3)32)26(42-22(20)25(34)37-8)41-18-11-9-17(10-12-18)13-19(24(33)36-7)29-27(35)43-28(4,5)6/h9-12,19-23,26H,13H2,1-8H3,(H,29,35)/t19-,20-,21-,22-,23+,26+/m0/s1. The maximum Gasteiger partial charge on any atom is 0.408 e. The number of hydrogen-bond donors (Lipinski definition) is 1. The molecule has 1 amide bonds. The van der Waals surface area contributed by atoms with Crippen LogP contribution in [-0.2, 0) is 63.6 Å². The summed E-state index contributed by atoms with van der Waals surface area (Å²) >= 11 is 0. The third-order valence-corrected chi connectivity index (χ3v) is 5.63. The van der Waals surface area contributed by atoms with Gasteiger partial charge in [-0.1, -0.05) is 12.1 Å². The summed E-state index contributed by atoms with van der Waals surface area (Å²) in [5, 5.41) is 2.48. The topological polar surface area (TPSA) is 188 Å². The van der Waals surface area contributed by atoms with Gasteiger partial charge in [0.15, 0.2) is 18.3 Å². The minimum atomic E-state index is -1.62. The third kappa shape index (κ3) is 10.7. The van der Waals surface area contributed by atoms with Crippen LogP contribution in [0.4, 0.5) is 4.79 Å². The van der Waals surface area contributed by atoms with Gasteiger partial charge in [-0.2, -0.15) is 0 Å². The summed E-state index contributed by atoms with van der Waals surface area (Å²) in [6.45, 7) is 8.27. The Morgan fingerprint density at radius 1 is 0.814 bits per heavy atom. The highest BCUT2D eigenvalue weighted by Crippen LogP contribution is 2.31. The van der Waals surface area contributed by atoms with Gasteiger partial charge in [0.25, 0.3) is 0 Å². The molecule has 0 saturated carbocycles. The molecule has 1 aromatic carbocycles. The largest absolute Gasteiger partial charge is 0.467 e. The first-order valence-electron chi connectivity index (χ1n) is 13.1. The van der Waals surface area contributed by atoms with Crippen LogP contribution in [0.2, 0.25) is 0 Å². The zero-order valence-electron chi connectivity index (χ0n) is 25.2. The first kappa shape index (κ1) is 34.8. The van der Waals surface area contributed by atoms with Gasteiger partial charge in [0.05, 0.1) is 14.2 Å². The molecular weight excluding hydrogens is 574 g/mol. The van der Waals surface area contributed by atoms with Crippen molar-refractivity contribution in [1.82, 2.24) is 5.32 Å². The zero-order valence-corrected chi connectivity index (χ0v) is 25.2. The fourth-order valence-corrected chi connectivity index (χ4v) is 4.03. The van der Waals surface area contributed by atoms with Crippen LogP contribution in [0.25, 0.3) is 0 Å². The van der Waals surface area contributed by atoms with E-state index in [1.165, 1.54) is 19.2 Å². The molecule has 1 saturated heterocycles. The molecular formula is C28H37NO14. The molecule has 0 aromatic heterocycles. The van der Waals surface area contributed by atoms with E-state index in [0.717, 1.165) is 27.9 Å². The minimum absolute atomic E-state index is 0.0329. The van der Waals surface area contributed by atoms with Gasteiger partial charge in [-0.3, -0.25) is 14.4 Å². The SMILES string of the molecule is COC(=O)[C@H](Cc1ccc(O[C@@H]2O[C@H](C(=O)OC)[C@@H](OC(C)=O)[C@H](OC(C)=O)[C@H]2OC(C)=O)cc1)NC(=O)OC(C)(C)C. The van der Waals surface area contributed by atoms with E-state index in [4.69, 9.17) is 37.9 Å². The van der Waals surface area contributed by atoms with Gasteiger partial charge in [0, 0.05) is 27.2 Å². The van der Waals surface area contributed by atoms with Gasteiger partial charge in [-0.25, -0.2) is 14.4 Å². The fourth-order valence-electron chi connectivity index (χ4n) is 4.03. The highest BCUT2D eigenvalue weighted by atomic mass is 16.7. The molecule has 0 spiro atoms. The number of rotatable bonds is 10. The highest BCUT2D eigenvalue weighted by Gasteiger charge is 2.55. The van der Waals surface area contributed by atoms with Gasteiger partial charge < -0.3 is 43.2 Å². The summed E-state index contributed by atoms with van der Waals surface area (Å²) in [7, 11) is 2.26. The van der Waals surface area contributed by atoms with Crippen molar-refractivity contribution < 1.29 is 66.7 Å². The molecule has 1 N–H and O–H groups in total. The van der Waals surface area contributed by atoms with Gasteiger partial charge in [0.1, 0.15) is 17.4 Å². The summed E-state index contributed by atoms with van der Waals surface area (Å²) in [4.78, 5) is 72.9. The van der Waals surface area contributed by atoms with E-state index >= 15 is 0 Å². The Hall–Kier alpha value is -4.40. The van der Waals surface area contributed by atoms with Crippen LogP contribution < -0.4 is 10.1 Å². The van der Waals surface area contributed by atoms with Crippen molar-refractivity contribution in [2.45, 2.75) is 90.3 Å². The Morgan fingerprint density at radius 3 is 1.84 bits per heavy atom. The number of methoxy groups -OCH3 is 2. The number of carbonyl (C=O) groups excluding carboxylic acids is 6. The van der Waals surface area contributed by atoms with Crippen molar-refractivity contribution in [1.29, 1.82) is 0 Å². The van der Waals surface area contributed by atoms with Crippen LogP contribution >= 0.6 is 0 Å². The molecule has 0 bridgehead atoms. The van der Waals surface area contributed by atoms with E-state index in [9.17, 15) is 28.8 Å². The Kier molecular flexibility index (Phi) is 12.3. The first-order valence-corrected chi connectivity index (χ1v) is 13.1. The number of alkyl carbamates (subject to hydrolysis) is 1. The number of esters is 5. The summed E-state index contributed by atoms with van der Waals surface area (Å²) in [6.07, 6.45) is -8.44. The van der Waals surface area contributed by atoms with Crippen molar-refractivity contribution in [3.63, 3.8) is 0 Å². The maximum atomic E-state index is 12.6. The first-order chi connectivity index (χ1) is 20.0. The van der Waals surface area contributed by atoms with E-state index in [1.807, 2.05) is 0 Å². The van der Waals surface area contributed by atoms with Crippen molar-refractivity contribution in [2.75, 3.05) is 14.2 Å². The average Bonchev–Trinajstić information content (AvgIpc) is 2.89. The van der Waals surface area contributed by atoms with Crippen molar-refractivity contribution in [3.05, 3.63) is 29.8 Å². The summed E-state index contributed by atoms with van der Waals surface area (Å²) in [5.41, 5.74) is -0.200. The van der Waals surface area contributed by atoms with E-state index in [2.05, 4.69) is 5.32 Å². The zero-order chi connectivity index (χ0) is 32.5. The van der Waals surface area contributed by atoms with Crippen LogP contribution in [0, 0.1) is 0 Å². The number of ether oxygens (including phenoxy) is 8. The van der Waals surface area contributed by atoms with Gasteiger partial charge in [-0.05, 0) is 38.5 Å². The number of nitrogens with one attached hydrogen (secondary N) is 1. The molecule has 2 rings (SSSR count). The van der Waals surface area contributed by atoms with E-state index in [0.29, 0.717) is 5.56 Å². The van der Waals surface area contributed by atoms with Gasteiger partial charge in [0.2, 0.25) is 12.4 Å². The number of hydrogen-bond acceptors (Lipinski definition) is 14. The third-order valence-electron chi connectivity index (χ3n) is 5.63. The minimum Gasteiger partial charge on any atom is -0.467 e.